The first-order valence-electron chi connectivity index (χ1n) is 9.45. The molecule has 136 valence electrons. The quantitative estimate of drug-likeness (QED) is 0.552. The largest absolute Gasteiger partial charge is 0.464 e. The molecule has 3 nitrogen and oxygen atoms in total. The van der Waals surface area contributed by atoms with Crippen LogP contribution in [-0.4, -0.2) is 37.1 Å². The van der Waals surface area contributed by atoms with Gasteiger partial charge < -0.3 is 4.74 Å². The van der Waals surface area contributed by atoms with Crippen LogP contribution in [0.4, 0.5) is 0 Å². The fourth-order valence-corrected chi connectivity index (χ4v) is 2.92. The maximum atomic E-state index is 12.3. The molecule has 0 aliphatic heterocycles. The predicted octanol–water partition coefficient (Wildman–Crippen LogP) is 4.65. The van der Waals surface area contributed by atoms with E-state index in [0.717, 1.165) is 44.5 Å². The standard InChI is InChI=1S/C21H35NO2/c1-6-12-22(13-7-2)14-15-24-21(23)18(5)20-10-8-19(9-11-20)16-17(3)4/h8-11,17-18H,6-7,12-16H2,1-5H3. The minimum absolute atomic E-state index is 0.125. The number of benzene rings is 1. The zero-order chi connectivity index (χ0) is 17.9. The van der Waals surface area contributed by atoms with Gasteiger partial charge in [-0.15, -0.1) is 0 Å². The number of hydrogen-bond acceptors (Lipinski definition) is 3. The summed E-state index contributed by atoms with van der Waals surface area (Å²) in [6, 6.07) is 8.38. The van der Waals surface area contributed by atoms with E-state index in [9.17, 15) is 4.79 Å². The van der Waals surface area contributed by atoms with Gasteiger partial charge in [-0.1, -0.05) is 52.0 Å². The number of nitrogens with zero attached hydrogens (tertiary/aromatic N) is 1. The second-order valence-electron chi connectivity index (χ2n) is 7.07. The lowest BCUT2D eigenvalue weighted by Crippen LogP contribution is -2.30. The monoisotopic (exact) mass is 333 g/mol. The van der Waals surface area contributed by atoms with E-state index < -0.39 is 0 Å². The van der Waals surface area contributed by atoms with Crippen LogP contribution in [0.1, 0.15) is 64.5 Å². The Labute approximate surface area is 148 Å². The van der Waals surface area contributed by atoms with Crippen molar-refractivity contribution >= 4 is 5.97 Å². The fraction of sp³-hybridized carbons (Fsp3) is 0.667. The van der Waals surface area contributed by atoms with Gasteiger partial charge in [0.15, 0.2) is 0 Å². The number of ether oxygens (including phenoxy) is 1. The van der Waals surface area contributed by atoms with E-state index in [1.807, 2.05) is 6.92 Å². The molecule has 0 heterocycles. The van der Waals surface area contributed by atoms with Gasteiger partial charge in [-0.05, 0) is 56.3 Å². The van der Waals surface area contributed by atoms with E-state index in [4.69, 9.17) is 4.74 Å². The van der Waals surface area contributed by atoms with Crippen molar-refractivity contribution < 1.29 is 9.53 Å². The third-order valence-corrected chi connectivity index (χ3v) is 4.21. The molecule has 0 saturated heterocycles. The highest BCUT2D eigenvalue weighted by Gasteiger charge is 2.17. The first kappa shape index (κ1) is 20.7. The first-order valence-corrected chi connectivity index (χ1v) is 9.45. The van der Waals surface area contributed by atoms with Crippen molar-refractivity contribution in [3.63, 3.8) is 0 Å². The van der Waals surface area contributed by atoms with Crippen molar-refractivity contribution in [2.24, 2.45) is 5.92 Å². The maximum absolute atomic E-state index is 12.3. The smallest absolute Gasteiger partial charge is 0.313 e. The minimum atomic E-state index is -0.205. The van der Waals surface area contributed by atoms with Gasteiger partial charge in [0.05, 0.1) is 5.92 Å². The van der Waals surface area contributed by atoms with Crippen molar-refractivity contribution in [3.8, 4) is 0 Å². The van der Waals surface area contributed by atoms with Crippen LogP contribution in [0.5, 0.6) is 0 Å². The van der Waals surface area contributed by atoms with Gasteiger partial charge in [0, 0.05) is 6.54 Å². The maximum Gasteiger partial charge on any atom is 0.313 e. The van der Waals surface area contributed by atoms with Crippen LogP contribution in [0.15, 0.2) is 24.3 Å². The number of carbonyl (C=O) groups excluding carboxylic acids is 1. The first-order chi connectivity index (χ1) is 11.5. The summed E-state index contributed by atoms with van der Waals surface area (Å²) in [6.07, 6.45) is 3.34. The van der Waals surface area contributed by atoms with Gasteiger partial charge in [-0.3, -0.25) is 9.69 Å². The molecule has 1 rings (SSSR count). The van der Waals surface area contributed by atoms with Gasteiger partial charge in [-0.2, -0.15) is 0 Å². The Morgan fingerprint density at radius 1 is 1.00 bits per heavy atom. The van der Waals surface area contributed by atoms with Crippen molar-refractivity contribution in [2.75, 3.05) is 26.2 Å². The Morgan fingerprint density at radius 3 is 2.08 bits per heavy atom. The van der Waals surface area contributed by atoms with Crippen LogP contribution >= 0.6 is 0 Å². The Bertz CT molecular complexity index is 461. The van der Waals surface area contributed by atoms with Crippen LogP contribution < -0.4 is 0 Å². The van der Waals surface area contributed by atoms with Gasteiger partial charge >= 0.3 is 5.97 Å². The van der Waals surface area contributed by atoms with Crippen LogP contribution in [-0.2, 0) is 16.0 Å². The van der Waals surface area contributed by atoms with Crippen LogP contribution in [0, 0.1) is 5.92 Å². The van der Waals surface area contributed by atoms with E-state index in [0.29, 0.717) is 12.5 Å². The third kappa shape index (κ3) is 7.48. The molecule has 0 fully saturated rings. The normalized spacial score (nSPS) is 12.6. The highest BCUT2D eigenvalue weighted by atomic mass is 16.5. The fourth-order valence-electron chi connectivity index (χ4n) is 2.92. The molecule has 1 aromatic carbocycles. The number of esters is 1. The SMILES string of the molecule is CCCN(CCC)CCOC(=O)C(C)c1ccc(CC(C)C)cc1. The molecule has 1 aromatic rings. The molecule has 0 spiro atoms. The van der Waals surface area contributed by atoms with Gasteiger partial charge in [0.25, 0.3) is 0 Å². The topological polar surface area (TPSA) is 29.5 Å². The summed E-state index contributed by atoms with van der Waals surface area (Å²) >= 11 is 0. The summed E-state index contributed by atoms with van der Waals surface area (Å²) in [7, 11) is 0. The molecule has 0 saturated carbocycles. The molecule has 0 bridgehead atoms. The number of carbonyl (C=O) groups is 1. The van der Waals surface area contributed by atoms with Gasteiger partial charge in [-0.25, -0.2) is 0 Å². The zero-order valence-electron chi connectivity index (χ0n) is 16.2. The molecule has 0 N–H and O–H groups in total. The number of hydrogen-bond donors (Lipinski definition) is 0. The summed E-state index contributed by atoms with van der Waals surface area (Å²) in [4.78, 5) is 14.6. The summed E-state index contributed by atoms with van der Waals surface area (Å²) in [5.41, 5.74) is 2.36. The highest BCUT2D eigenvalue weighted by molar-refractivity contribution is 5.77. The number of rotatable bonds is 11. The zero-order valence-corrected chi connectivity index (χ0v) is 16.2. The molecular weight excluding hydrogens is 298 g/mol. The van der Waals surface area contributed by atoms with Gasteiger partial charge in [0.1, 0.15) is 6.61 Å². The van der Waals surface area contributed by atoms with Crippen molar-refractivity contribution in [1.82, 2.24) is 4.90 Å². The molecule has 3 heteroatoms. The Balaban J connectivity index is 2.46. The van der Waals surface area contributed by atoms with E-state index in [-0.39, 0.29) is 11.9 Å². The Hall–Kier alpha value is -1.35. The lowest BCUT2D eigenvalue weighted by molar-refractivity contribution is -0.145. The Morgan fingerprint density at radius 2 is 1.58 bits per heavy atom. The lowest BCUT2D eigenvalue weighted by Gasteiger charge is -2.21. The molecule has 1 unspecified atom stereocenters. The lowest BCUT2D eigenvalue weighted by atomic mass is 9.97. The third-order valence-electron chi connectivity index (χ3n) is 4.21. The van der Waals surface area contributed by atoms with Crippen molar-refractivity contribution in [3.05, 3.63) is 35.4 Å². The minimum Gasteiger partial charge on any atom is -0.464 e. The predicted molar refractivity (Wildman–Crippen MR) is 101 cm³/mol. The van der Waals surface area contributed by atoms with E-state index >= 15 is 0 Å². The van der Waals surface area contributed by atoms with Crippen molar-refractivity contribution in [2.45, 2.75) is 59.8 Å². The summed E-state index contributed by atoms with van der Waals surface area (Å²) in [5.74, 6) is 0.316. The van der Waals surface area contributed by atoms with Crippen molar-refractivity contribution in [1.29, 1.82) is 0 Å². The molecular formula is C21H35NO2. The molecule has 0 aliphatic rings. The van der Waals surface area contributed by atoms with Crippen LogP contribution in [0.25, 0.3) is 0 Å². The Kier molecular flexibility index (Phi) is 9.70. The van der Waals surface area contributed by atoms with Gasteiger partial charge in [0.2, 0.25) is 0 Å². The summed E-state index contributed by atoms with van der Waals surface area (Å²) < 4.78 is 5.50. The summed E-state index contributed by atoms with van der Waals surface area (Å²) in [5, 5.41) is 0. The van der Waals surface area contributed by atoms with E-state index in [1.54, 1.807) is 0 Å². The molecule has 0 amide bonds. The van der Waals surface area contributed by atoms with E-state index in [1.165, 1.54) is 5.56 Å². The second-order valence-corrected chi connectivity index (χ2v) is 7.07. The van der Waals surface area contributed by atoms with Crippen LogP contribution in [0.2, 0.25) is 0 Å². The summed E-state index contributed by atoms with van der Waals surface area (Å²) in [6.45, 7) is 14.2. The average Bonchev–Trinajstić information content (AvgIpc) is 2.54. The second kappa shape index (κ2) is 11.2. The van der Waals surface area contributed by atoms with Crippen LogP contribution in [0.3, 0.4) is 0 Å². The molecule has 0 aromatic heterocycles. The molecule has 1 atom stereocenters. The highest BCUT2D eigenvalue weighted by Crippen LogP contribution is 2.19. The average molecular weight is 334 g/mol. The molecule has 0 radical (unpaired) electrons. The molecule has 0 aliphatic carbocycles. The van der Waals surface area contributed by atoms with E-state index in [2.05, 4.69) is 56.9 Å². The molecule has 24 heavy (non-hydrogen) atoms.